The summed E-state index contributed by atoms with van der Waals surface area (Å²) >= 11 is 0. The zero-order chi connectivity index (χ0) is 16.0. The van der Waals surface area contributed by atoms with Gasteiger partial charge in [-0.1, -0.05) is 19.1 Å². The van der Waals surface area contributed by atoms with Gasteiger partial charge in [-0.3, -0.25) is 4.79 Å². The molecule has 6 nitrogen and oxygen atoms in total. The molecule has 0 bridgehead atoms. The molecule has 2 atom stereocenters. The maximum Gasteiger partial charge on any atom is 0.276 e. The van der Waals surface area contributed by atoms with Crippen LogP contribution in [0.1, 0.15) is 18.7 Å². The van der Waals surface area contributed by atoms with Crippen molar-refractivity contribution < 1.29 is 4.39 Å². The Morgan fingerprint density at radius 1 is 1.30 bits per heavy atom. The van der Waals surface area contributed by atoms with Crippen LogP contribution in [0.25, 0.3) is 16.9 Å². The summed E-state index contributed by atoms with van der Waals surface area (Å²) in [5.74, 6) is 1.05. The van der Waals surface area contributed by atoms with Crippen molar-refractivity contribution in [3.8, 4) is 11.4 Å². The van der Waals surface area contributed by atoms with Gasteiger partial charge in [-0.2, -0.15) is 5.10 Å². The Morgan fingerprint density at radius 3 is 2.87 bits per heavy atom. The van der Waals surface area contributed by atoms with E-state index in [9.17, 15) is 9.18 Å². The van der Waals surface area contributed by atoms with Crippen LogP contribution in [0.4, 0.5) is 4.39 Å². The van der Waals surface area contributed by atoms with Crippen molar-refractivity contribution >= 4 is 5.52 Å². The summed E-state index contributed by atoms with van der Waals surface area (Å²) in [4.78, 5) is 19.4. The quantitative estimate of drug-likeness (QED) is 0.753. The average molecular weight is 313 g/mol. The van der Waals surface area contributed by atoms with Gasteiger partial charge in [0, 0.05) is 12.5 Å². The highest BCUT2D eigenvalue weighted by atomic mass is 19.1. The molecule has 0 radical (unpaired) electrons. The zero-order valence-electron chi connectivity index (χ0n) is 12.6. The second-order valence-corrected chi connectivity index (χ2v) is 5.94. The maximum atomic E-state index is 14.1. The molecule has 1 fully saturated rings. The lowest BCUT2D eigenvalue weighted by molar-refractivity contribution is 0.533. The molecule has 1 aliphatic rings. The smallest absolute Gasteiger partial charge is 0.276 e. The van der Waals surface area contributed by atoms with Crippen LogP contribution in [-0.4, -0.2) is 32.7 Å². The van der Waals surface area contributed by atoms with Gasteiger partial charge >= 0.3 is 0 Å². The lowest BCUT2D eigenvalue weighted by Crippen LogP contribution is -2.21. The summed E-state index contributed by atoms with van der Waals surface area (Å²) in [5, 5.41) is 7.83. The van der Waals surface area contributed by atoms with Gasteiger partial charge in [0.05, 0.1) is 11.8 Å². The average Bonchev–Trinajstić information content (AvgIpc) is 3.14. The Kier molecular flexibility index (Phi) is 3.23. The summed E-state index contributed by atoms with van der Waals surface area (Å²) in [6.07, 6.45) is 1.42. The number of aromatic amines is 1. The third-order valence-corrected chi connectivity index (χ3v) is 4.40. The number of fused-ring (bicyclic) bond motifs is 1. The Hall–Kier alpha value is -2.54. The lowest BCUT2D eigenvalue weighted by Gasteiger charge is -2.13. The molecule has 2 unspecified atom stereocenters. The van der Waals surface area contributed by atoms with Crippen LogP contribution < -0.4 is 10.9 Å². The first-order chi connectivity index (χ1) is 11.1. The second-order valence-electron chi connectivity index (χ2n) is 5.94. The van der Waals surface area contributed by atoms with Gasteiger partial charge < -0.3 is 10.3 Å². The van der Waals surface area contributed by atoms with Gasteiger partial charge in [-0.25, -0.2) is 13.9 Å². The SMILES string of the molecule is CC1CNCC1c1nn2c(-c3ccccc3F)ncc2c(=O)[nH]1. The molecule has 7 heteroatoms. The minimum absolute atomic E-state index is 0.128. The molecule has 2 N–H and O–H groups in total. The fourth-order valence-electron chi connectivity index (χ4n) is 3.08. The van der Waals surface area contributed by atoms with Crippen LogP contribution in [0, 0.1) is 11.7 Å². The van der Waals surface area contributed by atoms with Crippen molar-refractivity contribution in [2.45, 2.75) is 12.8 Å². The van der Waals surface area contributed by atoms with Crippen molar-refractivity contribution in [1.82, 2.24) is 24.9 Å². The van der Waals surface area contributed by atoms with Gasteiger partial charge in [0.15, 0.2) is 11.3 Å². The predicted molar refractivity (Wildman–Crippen MR) is 83.8 cm³/mol. The molecule has 4 rings (SSSR count). The molecule has 2 aromatic heterocycles. The van der Waals surface area contributed by atoms with E-state index in [0.29, 0.717) is 28.6 Å². The van der Waals surface area contributed by atoms with Crippen LogP contribution in [-0.2, 0) is 0 Å². The molecular weight excluding hydrogens is 297 g/mol. The molecule has 0 spiro atoms. The molecule has 23 heavy (non-hydrogen) atoms. The summed E-state index contributed by atoms with van der Waals surface area (Å²) in [5.41, 5.74) is 0.379. The van der Waals surface area contributed by atoms with E-state index in [0.717, 1.165) is 13.1 Å². The van der Waals surface area contributed by atoms with Crippen LogP contribution >= 0.6 is 0 Å². The number of rotatable bonds is 2. The first-order valence-corrected chi connectivity index (χ1v) is 7.58. The normalized spacial score (nSPS) is 21.1. The van der Waals surface area contributed by atoms with Crippen LogP contribution in [0.2, 0.25) is 0 Å². The Balaban J connectivity index is 1.93. The standard InChI is InChI=1S/C16H16FN5O/c1-9-6-18-7-11(9)14-20-16(23)13-8-19-15(22(13)21-14)10-4-2-3-5-12(10)17/h2-5,8-9,11,18H,6-7H2,1H3,(H,20,21,23). The van der Waals surface area contributed by atoms with E-state index in [4.69, 9.17) is 0 Å². The van der Waals surface area contributed by atoms with Gasteiger partial charge in [-0.05, 0) is 24.6 Å². The van der Waals surface area contributed by atoms with Gasteiger partial charge in [0.25, 0.3) is 5.56 Å². The number of aromatic nitrogens is 4. The zero-order valence-corrected chi connectivity index (χ0v) is 12.6. The number of imidazole rings is 1. The number of hydrogen-bond acceptors (Lipinski definition) is 4. The molecule has 1 aromatic carbocycles. The molecule has 0 aliphatic carbocycles. The van der Waals surface area contributed by atoms with Gasteiger partial charge in [0.2, 0.25) is 0 Å². The number of halogens is 1. The molecule has 3 aromatic rings. The van der Waals surface area contributed by atoms with E-state index in [1.54, 1.807) is 18.2 Å². The van der Waals surface area contributed by atoms with E-state index in [-0.39, 0.29) is 17.3 Å². The van der Waals surface area contributed by atoms with Crippen LogP contribution in [0.3, 0.4) is 0 Å². The topological polar surface area (TPSA) is 75.1 Å². The fraction of sp³-hybridized carbons (Fsp3) is 0.312. The first-order valence-electron chi connectivity index (χ1n) is 7.58. The van der Waals surface area contributed by atoms with Crippen molar-refractivity contribution in [3.05, 3.63) is 52.5 Å². The molecule has 0 saturated carbocycles. The molecular formula is C16H16FN5O. The highest BCUT2D eigenvalue weighted by Gasteiger charge is 2.28. The van der Waals surface area contributed by atoms with E-state index in [2.05, 4.69) is 27.3 Å². The van der Waals surface area contributed by atoms with Crippen molar-refractivity contribution in [3.63, 3.8) is 0 Å². The highest BCUT2D eigenvalue weighted by Crippen LogP contribution is 2.25. The number of benzene rings is 1. The monoisotopic (exact) mass is 313 g/mol. The van der Waals surface area contributed by atoms with Crippen molar-refractivity contribution in [1.29, 1.82) is 0 Å². The first kappa shape index (κ1) is 14.1. The number of nitrogens with zero attached hydrogens (tertiary/aromatic N) is 3. The molecule has 3 heterocycles. The largest absolute Gasteiger partial charge is 0.316 e. The van der Waals surface area contributed by atoms with E-state index in [1.807, 2.05) is 0 Å². The second kappa shape index (κ2) is 5.27. The third-order valence-electron chi connectivity index (χ3n) is 4.40. The lowest BCUT2D eigenvalue weighted by atomic mass is 9.97. The van der Waals surface area contributed by atoms with Crippen molar-refractivity contribution in [2.75, 3.05) is 13.1 Å². The Bertz CT molecular complexity index is 932. The van der Waals surface area contributed by atoms with Crippen molar-refractivity contribution in [2.24, 2.45) is 5.92 Å². The Morgan fingerprint density at radius 2 is 2.13 bits per heavy atom. The molecule has 0 amide bonds. The maximum absolute atomic E-state index is 14.1. The minimum Gasteiger partial charge on any atom is -0.316 e. The van der Waals surface area contributed by atoms with Gasteiger partial charge in [-0.15, -0.1) is 0 Å². The van der Waals surface area contributed by atoms with E-state index < -0.39 is 0 Å². The summed E-state index contributed by atoms with van der Waals surface area (Å²) < 4.78 is 15.5. The minimum atomic E-state index is -0.389. The number of nitrogens with one attached hydrogen (secondary N) is 2. The Labute approximate surface area is 131 Å². The fourth-order valence-corrected chi connectivity index (χ4v) is 3.08. The molecule has 1 saturated heterocycles. The highest BCUT2D eigenvalue weighted by molar-refractivity contribution is 5.61. The van der Waals surface area contributed by atoms with Gasteiger partial charge in [0.1, 0.15) is 11.6 Å². The van der Waals surface area contributed by atoms with E-state index in [1.165, 1.54) is 16.8 Å². The number of hydrogen-bond donors (Lipinski definition) is 2. The van der Waals surface area contributed by atoms with Crippen LogP contribution in [0.5, 0.6) is 0 Å². The summed E-state index contributed by atoms with van der Waals surface area (Å²) in [6.45, 7) is 3.76. The molecule has 1 aliphatic heterocycles. The van der Waals surface area contributed by atoms with E-state index >= 15 is 0 Å². The number of H-pyrrole nitrogens is 1. The predicted octanol–water partition coefficient (Wildman–Crippen LogP) is 1.55. The third kappa shape index (κ3) is 2.24. The summed E-state index contributed by atoms with van der Waals surface area (Å²) in [6, 6.07) is 6.35. The molecule has 118 valence electrons. The summed E-state index contributed by atoms with van der Waals surface area (Å²) in [7, 11) is 0. The van der Waals surface area contributed by atoms with Crippen LogP contribution in [0.15, 0.2) is 35.3 Å².